The zero-order valence-corrected chi connectivity index (χ0v) is 11.8. The minimum absolute atomic E-state index is 0.109. The lowest BCUT2D eigenvalue weighted by molar-refractivity contribution is -0.145. The Morgan fingerprint density at radius 1 is 1.33 bits per heavy atom. The topological polar surface area (TPSA) is 63.4 Å². The van der Waals surface area contributed by atoms with Gasteiger partial charge in [0, 0.05) is 12.3 Å². The highest BCUT2D eigenvalue weighted by Crippen LogP contribution is 2.40. The number of rotatable bonds is 2. The molecule has 100 valence electrons. The second-order valence-electron chi connectivity index (χ2n) is 5.75. The van der Waals surface area contributed by atoms with Crippen LogP contribution in [0.4, 0.5) is 0 Å². The molecular weight excluding hydrogens is 248 g/mol. The summed E-state index contributed by atoms with van der Waals surface area (Å²) in [5.41, 5.74) is 5.19. The van der Waals surface area contributed by atoms with Crippen LogP contribution in [0.1, 0.15) is 46.0 Å². The van der Waals surface area contributed by atoms with Gasteiger partial charge in [0.1, 0.15) is 5.54 Å². The van der Waals surface area contributed by atoms with Gasteiger partial charge < -0.3 is 5.73 Å². The van der Waals surface area contributed by atoms with Crippen molar-refractivity contribution in [1.82, 2.24) is 4.90 Å². The molecule has 2 fully saturated rings. The molecule has 18 heavy (non-hydrogen) atoms. The molecule has 1 unspecified atom stereocenters. The molecule has 0 bridgehead atoms. The van der Waals surface area contributed by atoms with Crippen molar-refractivity contribution in [2.24, 2.45) is 17.6 Å². The molecule has 1 aliphatic heterocycles. The normalized spacial score (nSPS) is 37.1. The van der Waals surface area contributed by atoms with E-state index in [-0.39, 0.29) is 17.7 Å². The van der Waals surface area contributed by atoms with Crippen LogP contribution in [-0.4, -0.2) is 27.2 Å². The molecule has 5 heteroatoms. The number of carbonyl (C=O) groups is 2. The van der Waals surface area contributed by atoms with E-state index in [1.165, 1.54) is 4.90 Å². The number of nitrogens with two attached hydrogens (primary N) is 1. The van der Waals surface area contributed by atoms with Crippen molar-refractivity contribution >= 4 is 29.0 Å². The maximum absolute atomic E-state index is 12.2. The van der Waals surface area contributed by atoms with Gasteiger partial charge >= 0.3 is 0 Å². The van der Waals surface area contributed by atoms with E-state index < -0.39 is 5.54 Å². The lowest BCUT2D eigenvalue weighted by atomic mass is 9.76. The number of hydrogen-bond donors (Lipinski definition) is 1. The summed E-state index contributed by atoms with van der Waals surface area (Å²) in [5, 5.41) is 0. The zero-order valence-electron chi connectivity index (χ0n) is 10.9. The van der Waals surface area contributed by atoms with Gasteiger partial charge in [0.2, 0.25) is 11.8 Å². The molecule has 2 N–H and O–H groups in total. The fraction of sp³-hybridized carbons (Fsp3) is 0.769. The number of carbonyl (C=O) groups excluding carboxylic acids is 2. The van der Waals surface area contributed by atoms with Gasteiger partial charge in [-0.1, -0.05) is 26.1 Å². The minimum Gasteiger partial charge on any atom is -0.391 e. The Labute approximate surface area is 113 Å². The standard InChI is InChI=1S/C13H20N2O2S/c1-8-3-5-13(6-4-8,12(14)18)15-10(16)7-9(2)11(15)17/h8-9H,3-7H2,1-2H3,(H2,14,18). The minimum atomic E-state index is -0.694. The molecule has 1 saturated heterocycles. The third-order valence-corrected chi connectivity index (χ3v) is 4.74. The van der Waals surface area contributed by atoms with Crippen LogP contribution in [0.15, 0.2) is 0 Å². The molecule has 0 aromatic rings. The largest absolute Gasteiger partial charge is 0.391 e. The van der Waals surface area contributed by atoms with Crippen molar-refractivity contribution in [1.29, 1.82) is 0 Å². The van der Waals surface area contributed by atoms with Gasteiger partial charge in [0.15, 0.2) is 0 Å². The van der Waals surface area contributed by atoms with Crippen LogP contribution in [0.25, 0.3) is 0 Å². The molecule has 2 amide bonds. The number of thiocarbonyl (C=S) groups is 1. The Bertz CT molecular complexity index is 400. The molecule has 1 saturated carbocycles. The van der Waals surface area contributed by atoms with Gasteiger partial charge in [0.05, 0.1) is 4.99 Å². The van der Waals surface area contributed by atoms with Gasteiger partial charge in [-0.05, 0) is 31.6 Å². The Morgan fingerprint density at radius 3 is 2.28 bits per heavy atom. The molecule has 0 radical (unpaired) electrons. The summed E-state index contributed by atoms with van der Waals surface area (Å²) in [6.07, 6.45) is 3.64. The summed E-state index contributed by atoms with van der Waals surface area (Å²) in [7, 11) is 0. The summed E-state index contributed by atoms with van der Waals surface area (Å²) in [5.74, 6) is 0.151. The predicted molar refractivity (Wildman–Crippen MR) is 72.8 cm³/mol. The van der Waals surface area contributed by atoms with Crippen LogP contribution in [0.2, 0.25) is 0 Å². The van der Waals surface area contributed by atoms with E-state index in [0.29, 0.717) is 30.2 Å². The Hall–Kier alpha value is -0.970. The first-order valence-corrected chi connectivity index (χ1v) is 6.96. The van der Waals surface area contributed by atoms with Crippen molar-refractivity contribution in [2.45, 2.75) is 51.5 Å². The van der Waals surface area contributed by atoms with Crippen LogP contribution in [0.5, 0.6) is 0 Å². The molecular formula is C13H20N2O2S. The Kier molecular flexibility index (Phi) is 3.45. The fourth-order valence-electron chi connectivity index (χ4n) is 3.05. The van der Waals surface area contributed by atoms with Crippen LogP contribution < -0.4 is 5.73 Å². The molecule has 0 aromatic heterocycles. The number of imide groups is 1. The molecule has 2 aliphatic rings. The predicted octanol–water partition coefficient (Wildman–Crippen LogP) is 1.62. The van der Waals surface area contributed by atoms with Crippen molar-refractivity contribution in [3.05, 3.63) is 0 Å². The monoisotopic (exact) mass is 268 g/mol. The summed E-state index contributed by atoms with van der Waals surface area (Å²) >= 11 is 5.18. The van der Waals surface area contributed by atoms with E-state index in [2.05, 4.69) is 6.92 Å². The van der Waals surface area contributed by atoms with E-state index in [1.807, 2.05) is 0 Å². The first-order chi connectivity index (χ1) is 8.38. The van der Waals surface area contributed by atoms with E-state index in [0.717, 1.165) is 12.8 Å². The first kappa shape index (κ1) is 13.5. The van der Waals surface area contributed by atoms with Crippen molar-refractivity contribution in [2.75, 3.05) is 0 Å². The summed E-state index contributed by atoms with van der Waals surface area (Å²) in [6, 6.07) is 0. The molecule has 1 atom stereocenters. The fourth-order valence-corrected chi connectivity index (χ4v) is 3.35. The van der Waals surface area contributed by atoms with Crippen molar-refractivity contribution in [3.8, 4) is 0 Å². The quantitative estimate of drug-likeness (QED) is 0.610. The molecule has 0 aromatic carbocycles. The lowest BCUT2D eigenvalue weighted by Crippen LogP contribution is -2.60. The lowest BCUT2D eigenvalue weighted by Gasteiger charge is -2.44. The van der Waals surface area contributed by atoms with Crippen LogP contribution in [0.3, 0.4) is 0 Å². The third kappa shape index (κ3) is 1.94. The summed E-state index contributed by atoms with van der Waals surface area (Å²) < 4.78 is 0. The molecule has 1 heterocycles. The summed E-state index contributed by atoms with van der Waals surface area (Å²) in [6.45, 7) is 3.97. The van der Waals surface area contributed by atoms with Gasteiger partial charge in [-0.3, -0.25) is 14.5 Å². The van der Waals surface area contributed by atoms with Crippen LogP contribution in [-0.2, 0) is 9.59 Å². The van der Waals surface area contributed by atoms with Crippen LogP contribution >= 0.6 is 12.2 Å². The second kappa shape index (κ2) is 4.61. The highest BCUT2D eigenvalue weighted by Gasteiger charge is 2.51. The number of nitrogens with zero attached hydrogens (tertiary/aromatic N) is 1. The van der Waals surface area contributed by atoms with Gasteiger partial charge in [-0.15, -0.1) is 0 Å². The zero-order chi connectivity index (χ0) is 13.5. The molecule has 2 rings (SSSR count). The van der Waals surface area contributed by atoms with E-state index >= 15 is 0 Å². The Balaban J connectivity index is 2.34. The number of hydrogen-bond acceptors (Lipinski definition) is 3. The average molecular weight is 268 g/mol. The van der Waals surface area contributed by atoms with Gasteiger partial charge in [-0.2, -0.15) is 0 Å². The first-order valence-electron chi connectivity index (χ1n) is 6.55. The highest BCUT2D eigenvalue weighted by atomic mass is 32.1. The maximum atomic E-state index is 12.2. The molecule has 0 spiro atoms. The number of amides is 2. The maximum Gasteiger partial charge on any atom is 0.233 e. The van der Waals surface area contributed by atoms with Crippen LogP contribution in [0, 0.1) is 11.8 Å². The smallest absolute Gasteiger partial charge is 0.233 e. The van der Waals surface area contributed by atoms with Gasteiger partial charge in [0.25, 0.3) is 0 Å². The Morgan fingerprint density at radius 2 is 1.89 bits per heavy atom. The van der Waals surface area contributed by atoms with E-state index in [1.54, 1.807) is 6.92 Å². The molecule has 4 nitrogen and oxygen atoms in total. The van der Waals surface area contributed by atoms with E-state index in [9.17, 15) is 9.59 Å². The average Bonchev–Trinajstić information content (AvgIpc) is 2.55. The summed E-state index contributed by atoms with van der Waals surface area (Å²) in [4.78, 5) is 25.9. The SMILES string of the molecule is CC1CCC(C(N)=S)(N2C(=O)CC(C)C2=O)CC1. The number of likely N-dealkylation sites (tertiary alicyclic amines) is 1. The molecule has 1 aliphatic carbocycles. The second-order valence-corrected chi connectivity index (χ2v) is 6.19. The third-order valence-electron chi connectivity index (χ3n) is 4.36. The van der Waals surface area contributed by atoms with Crippen molar-refractivity contribution in [3.63, 3.8) is 0 Å². The van der Waals surface area contributed by atoms with Crippen molar-refractivity contribution < 1.29 is 9.59 Å². The highest BCUT2D eigenvalue weighted by molar-refractivity contribution is 7.80. The van der Waals surface area contributed by atoms with Gasteiger partial charge in [-0.25, -0.2) is 0 Å². The van der Waals surface area contributed by atoms with E-state index in [4.69, 9.17) is 18.0 Å².